The number of amides is 2. The first kappa shape index (κ1) is 15.2. The summed E-state index contributed by atoms with van der Waals surface area (Å²) >= 11 is 5.77. The number of quaternary nitrogens is 1. The van der Waals surface area contributed by atoms with Gasteiger partial charge in [-0.05, 0) is 30.3 Å². The molecule has 6 nitrogen and oxygen atoms in total. The van der Waals surface area contributed by atoms with Crippen LogP contribution in [0.25, 0.3) is 0 Å². The highest BCUT2D eigenvalue weighted by atomic mass is 35.5. The normalized spacial score (nSPS) is 11.0. The third kappa shape index (κ3) is 4.42. The monoisotopic (exact) mass is 307 g/mol. The fourth-order valence-electron chi connectivity index (χ4n) is 1.43. The SMILES string of the molecule is C[N+](C)([O-])C(=O)Nc1ccc(Oc2cccc(Cl)n2)cc1. The molecule has 1 aromatic heterocycles. The summed E-state index contributed by atoms with van der Waals surface area (Å²) in [5, 5.41) is 14.3. The lowest BCUT2D eigenvalue weighted by atomic mass is 10.3. The van der Waals surface area contributed by atoms with Gasteiger partial charge in [-0.3, -0.25) is 9.96 Å². The van der Waals surface area contributed by atoms with Crippen molar-refractivity contribution < 1.29 is 14.2 Å². The molecule has 0 atom stereocenters. The highest BCUT2D eigenvalue weighted by molar-refractivity contribution is 6.29. The first-order chi connectivity index (χ1) is 9.84. The molecule has 2 amide bonds. The van der Waals surface area contributed by atoms with E-state index in [1.807, 2.05) is 0 Å². The van der Waals surface area contributed by atoms with Crippen LogP contribution in [-0.4, -0.2) is 29.8 Å². The predicted molar refractivity (Wildman–Crippen MR) is 80.3 cm³/mol. The van der Waals surface area contributed by atoms with E-state index in [1.165, 1.54) is 14.1 Å². The van der Waals surface area contributed by atoms with E-state index in [1.54, 1.807) is 42.5 Å². The number of halogens is 1. The van der Waals surface area contributed by atoms with Crippen molar-refractivity contribution >= 4 is 23.3 Å². The number of hydrogen-bond donors (Lipinski definition) is 1. The zero-order chi connectivity index (χ0) is 15.5. The molecule has 1 heterocycles. The fourth-order valence-corrected chi connectivity index (χ4v) is 1.59. The van der Waals surface area contributed by atoms with Crippen molar-refractivity contribution in [1.29, 1.82) is 0 Å². The average molecular weight is 308 g/mol. The molecule has 0 saturated carbocycles. The Labute approximate surface area is 127 Å². The molecule has 0 spiro atoms. The summed E-state index contributed by atoms with van der Waals surface area (Å²) < 4.78 is 4.46. The van der Waals surface area contributed by atoms with Crippen molar-refractivity contribution in [3.63, 3.8) is 0 Å². The van der Waals surface area contributed by atoms with Crippen LogP contribution in [0.15, 0.2) is 42.5 Å². The Balaban J connectivity index is 2.04. The Bertz CT molecular complexity index is 639. The van der Waals surface area contributed by atoms with Crippen molar-refractivity contribution in [2.45, 2.75) is 0 Å². The number of anilines is 1. The van der Waals surface area contributed by atoms with Crippen molar-refractivity contribution in [3.8, 4) is 11.6 Å². The smallest absolute Gasteiger partial charge is 0.420 e. The van der Waals surface area contributed by atoms with Gasteiger partial charge in [-0.2, -0.15) is 0 Å². The molecule has 110 valence electrons. The highest BCUT2D eigenvalue weighted by Crippen LogP contribution is 2.22. The van der Waals surface area contributed by atoms with E-state index < -0.39 is 10.7 Å². The van der Waals surface area contributed by atoms with Crippen LogP contribution < -0.4 is 10.1 Å². The molecule has 1 N–H and O–H groups in total. The third-order valence-electron chi connectivity index (χ3n) is 2.51. The molecule has 7 heteroatoms. The fraction of sp³-hybridized carbons (Fsp3) is 0.143. The Morgan fingerprint density at radius 1 is 1.24 bits per heavy atom. The zero-order valence-electron chi connectivity index (χ0n) is 11.5. The molecule has 0 fully saturated rings. The standard InChI is InChI=1S/C14H14ClN3O3/c1-18(2,20)14(19)16-10-6-8-11(9-7-10)21-13-5-3-4-12(15)17-13/h3-9H,1-2H3,(H,16,19). The Morgan fingerprint density at radius 3 is 2.48 bits per heavy atom. The summed E-state index contributed by atoms with van der Waals surface area (Å²) in [6.07, 6.45) is 0. The molecule has 0 unspecified atom stereocenters. The zero-order valence-corrected chi connectivity index (χ0v) is 12.3. The Kier molecular flexibility index (Phi) is 4.42. The molecule has 0 radical (unpaired) electrons. The molecule has 2 rings (SSSR count). The lowest BCUT2D eigenvalue weighted by molar-refractivity contribution is -0.751. The number of nitrogens with one attached hydrogen (secondary N) is 1. The number of hydroxylamine groups is 3. The molecule has 0 aliphatic rings. The molecule has 0 aliphatic heterocycles. The van der Waals surface area contributed by atoms with Gasteiger partial charge in [0.25, 0.3) is 0 Å². The number of hydrogen-bond acceptors (Lipinski definition) is 4. The van der Waals surface area contributed by atoms with E-state index in [0.717, 1.165) is 0 Å². The van der Waals surface area contributed by atoms with Gasteiger partial charge in [0.05, 0.1) is 14.1 Å². The number of carbonyl (C=O) groups is 1. The summed E-state index contributed by atoms with van der Waals surface area (Å²) in [4.78, 5) is 15.5. The van der Waals surface area contributed by atoms with Crippen molar-refractivity contribution in [1.82, 2.24) is 4.98 Å². The molecular weight excluding hydrogens is 294 g/mol. The molecule has 0 bridgehead atoms. The van der Waals surface area contributed by atoms with Gasteiger partial charge in [0.2, 0.25) is 5.88 Å². The molecule has 0 aliphatic carbocycles. The maximum Gasteiger partial charge on any atom is 0.420 e. The van der Waals surface area contributed by atoms with E-state index in [4.69, 9.17) is 16.3 Å². The van der Waals surface area contributed by atoms with E-state index in [-0.39, 0.29) is 0 Å². The van der Waals surface area contributed by atoms with E-state index in [2.05, 4.69) is 10.3 Å². The van der Waals surface area contributed by atoms with Gasteiger partial charge < -0.3 is 9.94 Å². The number of nitrogens with zero attached hydrogens (tertiary/aromatic N) is 2. The van der Waals surface area contributed by atoms with Crippen LogP contribution in [0.3, 0.4) is 0 Å². The maximum absolute atomic E-state index is 11.5. The number of benzene rings is 1. The second-order valence-corrected chi connectivity index (χ2v) is 5.09. The quantitative estimate of drug-likeness (QED) is 0.534. The topological polar surface area (TPSA) is 74.3 Å². The summed E-state index contributed by atoms with van der Waals surface area (Å²) in [7, 11) is 2.50. The molecule has 21 heavy (non-hydrogen) atoms. The molecule has 0 saturated heterocycles. The minimum absolute atomic E-state index is 0.340. The molecule has 1 aromatic carbocycles. The van der Waals surface area contributed by atoms with Crippen LogP contribution in [0.1, 0.15) is 0 Å². The van der Waals surface area contributed by atoms with Crippen molar-refractivity contribution in [2.24, 2.45) is 0 Å². The highest BCUT2D eigenvalue weighted by Gasteiger charge is 2.15. The van der Waals surface area contributed by atoms with Crippen LogP contribution in [0, 0.1) is 5.21 Å². The Hall–Kier alpha value is -2.15. The van der Waals surface area contributed by atoms with Crippen LogP contribution in [-0.2, 0) is 0 Å². The maximum atomic E-state index is 11.5. The summed E-state index contributed by atoms with van der Waals surface area (Å²) in [5.74, 6) is 0.912. The van der Waals surface area contributed by atoms with Crippen LogP contribution >= 0.6 is 11.6 Å². The number of aromatic nitrogens is 1. The number of carbonyl (C=O) groups excluding carboxylic acids is 1. The van der Waals surface area contributed by atoms with Gasteiger partial charge in [0.1, 0.15) is 10.9 Å². The number of urea groups is 1. The number of ether oxygens (including phenoxy) is 1. The molecular formula is C14H14ClN3O3. The number of rotatable bonds is 3. The van der Waals surface area contributed by atoms with E-state index >= 15 is 0 Å². The minimum atomic E-state index is -1.05. The number of pyridine rings is 1. The summed E-state index contributed by atoms with van der Waals surface area (Å²) in [6, 6.07) is 11.0. The van der Waals surface area contributed by atoms with E-state index in [9.17, 15) is 10.0 Å². The Morgan fingerprint density at radius 2 is 1.90 bits per heavy atom. The van der Waals surface area contributed by atoms with Gasteiger partial charge in [-0.25, -0.2) is 9.78 Å². The minimum Gasteiger partial charge on any atom is -0.624 e. The molecule has 2 aromatic rings. The van der Waals surface area contributed by atoms with Gasteiger partial charge >= 0.3 is 6.03 Å². The van der Waals surface area contributed by atoms with Gasteiger partial charge in [0.15, 0.2) is 0 Å². The van der Waals surface area contributed by atoms with Gasteiger partial charge in [-0.15, -0.1) is 0 Å². The average Bonchev–Trinajstić information content (AvgIpc) is 2.40. The first-order valence-electron chi connectivity index (χ1n) is 6.11. The summed E-state index contributed by atoms with van der Waals surface area (Å²) in [6.45, 7) is 0. The van der Waals surface area contributed by atoms with Crippen molar-refractivity contribution in [3.05, 3.63) is 52.8 Å². The lowest BCUT2D eigenvalue weighted by Gasteiger charge is -2.29. The predicted octanol–water partition coefficient (Wildman–Crippen LogP) is 3.63. The first-order valence-corrected chi connectivity index (χ1v) is 6.49. The largest absolute Gasteiger partial charge is 0.624 e. The lowest BCUT2D eigenvalue weighted by Crippen LogP contribution is -2.42. The van der Waals surface area contributed by atoms with Crippen LogP contribution in [0.4, 0.5) is 10.5 Å². The second kappa shape index (κ2) is 6.09. The van der Waals surface area contributed by atoms with E-state index in [0.29, 0.717) is 22.5 Å². The second-order valence-electron chi connectivity index (χ2n) is 4.71. The van der Waals surface area contributed by atoms with Gasteiger partial charge in [0, 0.05) is 11.8 Å². The third-order valence-corrected chi connectivity index (χ3v) is 2.72. The van der Waals surface area contributed by atoms with Gasteiger partial charge in [-0.1, -0.05) is 17.7 Å². The van der Waals surface area contributed by atoms with Crippen LogP contribution in [0.5, 0.6) is 11.6 Å². The van der Waals surface area contributed by atoms with Crippen LogP contribution in [0.2, 0.25) is 5.15 Å². The van der Waals surface area contributed by atoms with Crippen molar-refractivity contribution in [2.75, 3.05) is 19.4 Å². The summed E-state index contributed by atoms with van der Waals surface area (Å²) in [5.41, 5.74) is 0.508.